The molecule has 0 bridgehead atoms. The summed E-state index contributed by atoms with van der Waals surface area (Å²) < 4.78 is 0. The molecule has 0 aliphatic carbocycles. The Labute approximate surface area is 142 Å². The molecular formula is C19H23N3O2. The van der Waals surface area contributed by atoms with Gasteiger partial charge in [0.2, 0.25) is 11.8 Å². The summed E-state index contributed by atoms with van der Waals surface area (Å²) in [6.45, 7) is 0.445. The third-order valence-corrected chi connectivity index (χ3v) is 3.88. The Hall–Kier alpha value is -2.66. The normalized spacial score (nSPS) is 11.9. The molecule has 5 heteroatoms. The first-order valence-corrected chi connectivity index (χ1v) is 8.03. The van der Waals surface area contributed by atoms with Gasteiger partial charge >= 0.3 is 0 Å². The predicted molar refractivity (Wildman–Crippen MR) is 94.1 cm³/mol. The molecule has 2 amide bonds. The number of hydrogen-bond donors (Lipinski definition) is 3. The van der Waals surface area contributed by atoms with Gasteiger partial charge in [0, 0.05) is 0 Å². The van der Waals surface area contributed by atoms with Gasteiger partial charge in [-0.05, 0) is 30.5 Å². The van der Waals surface area contributed by atoms with E-state index in [9.17, 15) is 9.59 Å². The second-order valence-electron chi connectivity index (χ2n) is 5.65. The molecule has 2 rings (SSSR count). The molecule has 24 heavy (non-hydrogen) atoms. The number of nitrogens with one attached hydrogen (secondary N) is 1. The van der Waals surface area contributed by atoms with Crippen LogP contribution in [0.2, 0.25) is 0 Å². The first-order valence-electron chi connectivity index (χ1n) is 8.03. The van der Waals surface area contributed by atoms with Crippen molar-refractivity contribution in [3.05, 3.63) is 71.8 Å². The highest BCUT2D eigenvalue weighted by Gasteiger charge is 2.26. The van der Waals surface area contributed by atoms with Crippen LogP contribution in [0.1, 0.15) is 29.9 Å². The van der Waals surface area contributed by atoms with Gasteiger partial charge in [-0.1, -0.05) is 60.7 Å². The first kappa shape index (κ1) is 17.7. The van der Waals surface area contributed by atoms with Crippen molar-refractivity contribution in [2.24, 2.45) is 11.5 Å². The number of amides is 2. The minimum absolute atomic E-state index is 0.242. The molecule has 1 atom stereocenters. The van der Waals surface area contributed by atoms with Crippen molar-refractivity contribution < 1.29 is 9.59 Å². The smallest absolute Gasteiger partial charge is 0.240 e. The van der Waals surface area contributed by atoms with Crippen molar-refractivity contribution in [3.8, 4) is 0 Å². The van der Waals surface area contributed by atoms with Crippen LogP contribution >= 0.6 is 0 Å². The lowest BCUT2D eigenvalue weighted by atomic mass is 9.90. The standard InChI is InChI=1S/C19H23N3O2/c20-13-7-12-16(18(21)23)22-19(24)17(14-8-3-1-4-9-14)15-10-5-2-6-11-15/h1-6,8-11,16-17H,7,12-13,20H2,(H2,21,23)(H,22,24)/t16-/m0/s1. The number of carbonyl (C=O) groups excluding carboxylic acids is 2. The molecule has 0 radical (unpaired) electrons. The quantitative estimate of drug-likeness (QED) is 0.686. The Morgan fingerprint density at radius 2 is 1.42 bits per heavy atom. The van der Waals surface area contributed by atoms with Crippen LogP contribution < -0.4 is 16.8 Å². The van der Waals surface area contributed by atoms with Crippen molar-refractivity contribution in [1.82, 2.24) is 5.32 Å². The van der Waals surface area contributed by atoms with Gasteiger partial charge in [-0.2, -0.15) is 0 Å². The molecule has 0 unspecified atom stereocenters. The second kappa shape index (κ2) is 8.84. The van der Waals surface area contributed by atoms with E-state index < -0.39 is 17.9 Å². The zero-order chi connectivity index (χ0) is 17.4. The molecular weight excluding hydrogens is 302 g/mol. The van der Waals surface area contributed by atoms with E-state index in [-0.39, 0.29) is 5.91 Å². The summed E-state index contributed by atoms with van der Waals surface area (Å²) in [5, 5.41) is 2.78. The van der Waals surface area contributed by atoms with E-state index in [1.165, 1.54) is 0 Å². The van der Waals surface area contributed by atoms with E-state index in [4.69, 9.17) is 11.5 Å². The van der Waals surface area contributed by atoms with Gasteiger partial charge in [0.25, 0.3) is 0 Å². The van der Waals surface area contributed by atoms with E-state index in [0.717, 1.165) is 11.1 Å². The lowest BCUT2D eigenvalue weighted by Gasteiger charge is -2.21. The summed E-state index contributed by atoms with van der Waals surface area (Å²) in [5.74, 6) is -1.28. The molecule has 0 fully saturated rings. The Bertz CT molecular complexity index is 619. The number of benzene rings is 2. The van der Waals surface area contributed by atoms with Gasteiger partial charge in [-0.15, -0.1) is 0 Å². The lowest BCUT2D eigenvalue weighted by molar-refractivity contribution is -0.127. The molecule has 0 aliphatic rings. The number of hydrogen-bond acceptors (Lipinski definition) is 3. The highest BCUT2D eigenvalue weighted by molar-refractivity contribution is 5.91. The summed E-state index contributed by atoms with van der Waals surface area (Å²) in [4.78, 5) is 24.5. The average molecular weight is 325 g/mol. The van der Waals surface area contributed by atoms with E-state index >= 15 is 0 Å². The molecule has 5 nitrogen and oxygen atoms in total. The van der Waals surface area contributed by atoms with Gasteiger partial charge in [0.05, 0.1) is 5.92 Å². The summed E-state index contributed by atoms with van der Waals surface area (Å²) in [5.41, 5.74) is 12.6. The van der Waals surface area contributed by atoms with Crippen LogP contribution in [0.4, 0.5) is 0 Å². The van der Waals surface area contributed by atoms with Crippen LogP contribution in [0.3, 0.4) is 0 Å². The minimum atomic E-state index is -0.712. The lowest BCUT2D eigenvalue weighted by Crippen LogP contribution is -2.46. The Kier molecular flexibility index (Phi) is 6.51. The van der Waals surface area contributed by atoms with Crippen molar-refractivity contribution in [2.75, 3.05) is 6.54 Å². The summed E-state index contributed by atoms with van der Waals surface area (Å²) in [6, 6.07) is 18.2. The number of primary amides is 1. The van der Waals surface area contributed by atoms with Gasteiger partial charge in [0.1, 0.15) is 6.04 Å². The first-order chi connectivity index (χ1) is 11.6. The topological polar surface area (TPSA) is 98.2 Å². The highest BCUT2D eigenvalue weighted by Crippen LogP contribution is 2.25. The third-order valence-electron chi connectivity index (χ3n) is 3.88. The molecule has 126 valence electrons. The van der Waals surface area contributed by atoms with Crippen LogP contribution in [0, 0.1) is 0 Å². The van der Waals surface area contributed by atoms with E-state index in [1.54, 1.807) is 0 Å². The fourth-order valence-corrected chi connectivity index (χ4v) is 2.65. The van der Waals surface area contributed by atoms with Crippen LogP contribution in [0.15, 0.2) is 60.7 Å². The van der Waals surface area contributed by atoms with Gasteiger partial charge in [0.15, 0.2) is 0 Å². The Morgan fingerprint density at radius 1 is 0.917 bits per heavy atom. The minimum Gasteiger partial charge on any atom is -0.368 e. The zero-order valence-corrected chi connectivity index (χ0v) is 13.5. The highest BCUT2D eigenvalue weighted by atomic mass is 16.2. The van der Waals surface area contributed by atoms with Gasteiger partial charge in [-0.3, -0.25) is 9.59 Å². The fourth-order valence-electron chi connectivity index (χ4n) is 2.65. The number of carbonyl (C=O) groups is 2. The number of rotatable bonds is 8. The molecule has 5 N–H and O–H groups in total. The fraction of sp³-hybridized carbons (Fsp3) is 0.263. The van der Waals surface area contributed by atoms with Crippen molar-refractivity contribution in [3.63, 3.8) is 0 Å². The SMILES string of the molecule is NCCC[C@H](NC(=O)C(c1ccccc1)c1ccccc1)C(N)=O. The summed E-state index contributed by atoms with van der Waals surface area (Å²) in [6.07, 6.45) is 1.06. The molecule has 0 spiro atoms. The van der Waals surface area contributed by atoms with Gasteiger partial charge in [-0.25, -0.2) is 0 Å². The van der Waals surface area contributed by atoms with E-state index in [0.29, 0.717) is 19.4 Å². The van der Waals surface area contributed by atoms with E-state index in [2.05, 4.69) is 5.32 Å². The molecule has 0 saturated heterocycles. The molecule has 2 aromatic carbocycles. The largest absolute Gasteiger partial charge is 0.368 e. The molecule has 2 aromatic rings. The second-order valence-corrected chi connectivity index (χ2v) is 5.65. The maximum absolute atomic E-state index is 12.9. The average Bonchev–Trinajstić information content (AvgIpc) is 2.60. The molecule has 0 saturated carbocycles. The molecule has 0 heterocycles. The Balaban J connectivity index is 2.26. The van der Waals surface area contributed by atoms with Crippen molar-refractivity contribution in [1.29, 1.82) is 0 Å². The van der Waals surface area contributed by atoms with Gasteiger partial charge < -0.3 is 16.8 Å². The maximum Gasteiger partial charge on any atom is 0.240 e. The predicted octanol–water partition coefficient (Wildman–Crippen LogP) is 1.53. The number of nitrogens with two attached hydrogens (primary N) is 2. The summed E-state index contributed by atoms with van der Waals surface area (Å²) >= 11 is 0. The van der Waals surface area contributed by atoms with Crippen LogP contribution in [0.5, 0.6) is 0 Å². The van der Waals surface area contributed by atoms with Crippen LogP contribution in [-0.2, 0) is 9.59 Å². The third kappa shape index (κ3) is 4.67. The van der Waals surface area contributed by atoms with Crippen LogP contribution in [-0.4, -0.2) is 24.4 Å². The molecule has 0 aliphatic heterocycles. The summed E-state index contributed by atoms with van der Waals surface area (Å²) in [7, 11) is 0. The Morgan fingerprint density at radius 3 is 1.83 bits per heavy atom. The van der Waals surface area contributed by atoms with Crippen molar-refractivity contribution in [2.45, 2.75) is 24.8 Å². The monoisotopic (exact) mass is 325 g/mol. The zero-order valence-electron chi connectivity index (χ0n) is 13.5. The maximum atomic E-state index is 12.9. The van der Waals surface area contributed by atoms with Crippen LogP contribution in [0.25, 0.3) is 0 Å². The van der Waals surface area contributed by atoms with E-state index in [1.807, 2.05) is 60.7 Å². The molecule has 0 aromatic heterocycles. The van der Waals surface area contributed by atoms with Crippen molar-refractivity contribution >= 4 is 11.8 Å².